The van der Waals surface area contributed by atoms with Crippen LogP contribution in [0.5, 0.6) is 5.88 Å². The van der Waals surface area contributed by atoms with E-state index < -0.39 is 5.91 Å². The Kier molecular flexibility index (Phi) is 4.79. The van der Waals surface area contributed by atoms with Gasteiger partial charge in [0.2, 0.25) is 5.88 Å². The van der Waals surface area contributed by atoms with E-state index in [0.717, 1.165) is 5.56 Å². The number of carbonyl (C=O) groups is 1. The van der Waals surface area contributed by atoms with E-state index >= 15 is 0 Å². The molecule has 3 heterocycles. The largest absolute Gasteiger partial charge is 0.477 e. The zero-order valence-electron chi connectivity index (χ0n) is 15.4. The minimum atomic E-state index is -0.457. The van der Waals surface area contributed by atoms with Crippen LogP contribution in [0.4, 0.5) is 0 Å². The van der Waals surface area contributed by atoms with E-state index in [1.165, 1.54) is 0 Å². The molecule has 1 fully saturated rings. The van der Waals surface area contributed by atoms with Crippen molar-refractivity contribution in [3.05, 3.63) is 64.3 Å². The Balaban J connectivity index is 1.41. The van der Waals surface area contributed by atoms with Gasteiger partial charge in [-0.3, -0.25) is 9.59 Å². The second-order valence-electron chi connectivity index (χ2n) is 7.21. The summed E-state index contributed by atoms with van der Waals surface area (Å²) in [6, 6.07) is 10.4. The highest BCUT2D eigenvalue weighted by molar-refractivity contribution is 5.92. The number of amides is 1. The second kappa shape index (κ2) is 7.40. The molecular formula is C20H20N4O4. The molecule has 0 atom stereocenters. The lowest BCUT2D eigenvalue weighted by Gasteiger charge is -2.37. The van der Waals surface area contributed by atoms with Crippen LogP contribution in [0.2, 0.25) is 0 Å². The van der Waals surface area contributed by atoms with Crippen molar-refractivity contribution in [2.45, 2.75) is 13.5 Å². The van der Waals surface area contributed by atoms with Crippen LogP contribution in [0.3, 0.4) is 0 Å². The molecule has 1 amide bonds. The van der Waals surface area contributed by atoms with Gasteiger partial charge in [-0.05, 0) is 23.8 Å². The third-order valence-corrected chi connectivity index (χ3v) is 4.55. The van der Waals surface area contributed by atoms with Gasteiger partial charge >= 0.3 is 0 Å². The fourth-order valence-corrected chi connectivity index (χ4v) is 2.88. The highest BCUT2D eigenvalue weighted by Gasteiger charge is 2.34. The number of pyridine rings is 1. The number of hydrogen-bond acceptors (Lipinski definition) is 6. The summed E-state index contributed by atoms with van der Waals surface area (Å²) in [5, 5.41) is 3.20. The molecule has 1 aliphatic rings. The highest BCUT2D eigenvalue weighted by atomic mass is 16.5. The Labute approximate surface area is 160 Å². The van der Waals surface area contributed by atoms with Gasteiger partial charge in [0, 0.05) is 24.2 Å². The third kappa shape index (κ3) is 3.86. The Morgan fingerprint density at radius 3 is 2.93 bits per heavy atom. The minimum Gasteiger partial charge on any atom is -0.477 e. The van der Waals surface area contributed by atoms with Gasteiger partial charge in [0.1, 0.15) is 0 Å². The number of rotatable bonds is 6. The van der Waals surface area contributed by atoms with Crippen molar-refractivity contribution in [2.24, 2.45) is 5.41 Å². The van der Waals surface area contributed by atoms with Crippen LogP contribution in [0, 0.1) is 5.41 Å². The van der Waals surface area contributed by atoms with Gasteiger partial charge in [-0.25, -0.2) is 9.97 Å². The monoisotopic (exact) mass is 380 g/mol. The molecule has 8 nitrogen and oxygen atoms in total. The number of fused-ring (bicyclic) bond motifs is 1. The molecule has 0 saturated carbocycles. The van der Waals surface area contributed by atoms with E-state index in [0.29, 0.717) is 36.6 Å². The molecule has 0 bridgehead atoms. The first-order valence-corrected chi connectivity index (χ1v) is 8.95. The van der Waals surface area contributed by atoms with Gasteiger partial charge < -0.3 is 19.8 Å². The van der Waals surface area contributed by atoms with Gasteiger partial charge in [0.05, 0.1) is 30.7 Å². The van der Waals surface area contributed by atoms with Crippen molar-refractivity contribution < 1.29 is 14.3 Å². The summed E-state index contributed by atoms with van der Waals surface area (Å²) in [6.07, 6.45) is 1.63. The van der Waals surface area contributed by atoms with Crippen LogP contribution in [-0.4, -0.2) is 40.7 Å². The van der Waals surface area contributed by atoms with Crippen molar-refractivity contribution in [1.29, 1.82) is 0 Å². The lowest BCUT2D eigenvalue weighted by molar-refractivity contribution is -0.120. The number of ether oxygens (including phenoxy) is 2. The van der Waals surface area contributed by atoms with Gasteiger partial charge in [0.15, 0.2) is 5.82 Å². The van der Waals surface area contributed by atoms with Crippen molar-refractivity contribution in [3.8, 4) is 5.88 Å². The number of H-pyrrole nitrogens is 1. The molecule has 8 heteroatoms. The molecule has 1 aliphatic heterocycles. The topological polar surface area (TPSA) is 106 Å². The molecule has 1 saturated heterocycles. The summed E-state index contributed by atoms with van der Waals surface area (Å²) in [5.74, 6) is 0.0190. The van der Waals surface area contributed by atoms with E-state index in [1.54, 1.807) is 42.6 Å². The second-order valence-corrected chi connectivity index (χ2v) is 7.21. The number of nitrogens with zero attached hydrogens (tertiary/aromatic N) is 2. The number of hydrogen-bond donors (Lipinski definition) is 2. The fraction of sp³-hybridized carbons (Fsp3) is 0.300. The SMILES string of the molecule is CC1(COc2cc(CNC(=O)c3nc4ccccc4c(=O)[nH]3)ccn2)COC1. The average molecular weight is 380 g/mol. The lowest BCUT2D eigenvalue weighted by atomic mass is 9.90. The molecular weight excluding hydrogens is 360 g/mol. The maximum absolute atomic E-state index is 12.4. The molecule has 0 unspecified atom stereocenters. The maximum atomic E-state index is 12.4. The summed E-state index contributed by atoms with van der Waals surface area (Å²) in [5.41, 5.74) is 0.990. The maximum Gasteiger partial charge on any atom is 0.287 e. The van der Waals surface area contributed by atoms with Crippen LogP contribution in [0.15, 0.2) is 47.4 Å². The zero-order valence-corrected chi connectivity index (χ0v) is 15.4. The van der Waals surface area contributed by atoms with Crippen LogP contribution < -0.4 is 15.6 Å². The van der Waals surface area contributed by atoms with Crippen molar-refractivity contribution in [1.82, 2.24) is 20.3 Å². The molecule has 0 spiro atoms. The molecule has 144 valence electrons. The average Bonchev–Trinajstić information content (AvgIpc) is 2.69. The quantitative estimate of drug-likeness (QED) is 0.674. The first kappa shape index (κ1) is 18.1. The summed E-state index contributed by atoms with van der Waals surface area (Å²) in [6.45, 7) is 4.24. The predicted molar refractivity (Wildman–Crippen MR) is 102 cm³/mol. The summed E-state index contributed by atoms with van der Waals surface area (Å²) in [4.78, 5) is 35.4. The van der Waals surface area contributed by atoms with E-state index in [2.05, 4.69) is 27.2 Å². The number of benzene rings is 1. The molecule has 3 aromatic rings. The standard InChI is InChI=1S/C20H20N4O4/c1-20(10-27-11-20)12-28-16-8-13(6-7-21-16)9-22-19(26)17-23-15-5-3-2-4-14(15)18(25)24-17/h2-8H,9-12H2,1H3,(H,22,26)(H,23,24,25). The zero-order chi connectivity index (χ0) is 19.6. The van der Waals surface area contributed by atoms with E-state index in [-0.39, 0.29) is 23.3 Å². The van der Waals surface area contributed by atoms with E-state index in [4.69, 9.17) is 9.47 Å². The molecule has 2 N–H and O–H groups in total. The smallest absolute Gasteiger partial charge is 0.287 e. The highest BCUT2D eigenvalue weighted by Crippen LogP contribution is 2.27. The fourth-order valence-electron chi connectivity index (χ4n) is 2.88. The lowest BCUT2D eigenvalue weighted by Crippen LogP contribution is -2.44. The van der Waals surface area contributed by atoms with E-state index in [9.17, 15) is 9.59 Å². The van der Waals surface area contributed by atoms with Crippen molar-refractivity contribution in [2.75, 3.05) is 19.8 Å². The summed E-state index contributed by atoms with van der Waals surface area (Å²) >= 11 is 0. The molecule has 1 aromatic carbocycles. The Hall–Kier alpha value is -3.26. The third-order valence-electron chi connectivity index (χ3n) is 4.55. The molecule has 4 rings (SSSR count). The number of nitrogens with one attached hydrogen (secondary N) is 2. The normalized spacial score (nSPS) is 15.0. The van der Waals surface area contributed by atoms with Crippen LogP contribution in [0.1, 0.15) is 23.1 Å². The first-order chi connectivity index (χ1) is 13.5. The van der Waals surface area contributed by atoms with Gasteiger partial charge in [-0.2, -0.15) is 0 Å². The Morgan fingerprint density at radius 2 is 2.14 bits per heavy atom. The number of carbonyl (C=O) groups excluding carboxylic acids is 1. The molecule has 0 aliphatic carbocycles. The van der Waals surface area contributed by atoms with Gasteiger partial charge in [0.25, 0.3) is 11.5 Å². The predicted octanol–water partition coefficient (Wildman–Crippen LogP) is 1.66. The Morgan fingerprint density at radius 1 is 1.32 bits per heavy atom. The number of aromatic amines is 1. The molecule has 0 radical (unpaired) electrons. The number of para-hydroxylation sites is 1. The van der Waals surface area contributed by atoms with Gasteiger partial charge in [-0.1, -0.05) is 19.1 Å². The van der Waals surface area contributed by atoms with Crippen molar-refractivity contribution in [3.63, 3.8) is 0 Å². The molecule has 28 heavy (non-hydrogen) atoms. The summed E-state index contributed by atoms with van der Waals surface area (Å²) in [7, 11) is 0. The molecule has 2 aromatic heterocycles. The van der Waals surface area contributed by atoms with Crippen LogP contribution in [-0.2, 0) is 11.3 Å². The first-order valence-electron chi connectivity index (χ1n) is 8.95. The van der Waals surface area contributed by atoms with Crippen LogP contribution >= 0.6 is 0 Å². The van der Waals surface area contributed by atoms with Gasteiger partial charge in [-0.15, -0.1) is 0 Å². The van der Waals surface area contributed by atoms with E-state index in [1.807, 2.05) is 0 Å². The summed E-state index contributed by atoms with van der Waals surface area (Å²) < 4.78 is 11.0. The number of aromatic nitrogens is 3. The van der Waals surface area contributed by atoms with Crippen molar-refractivity contribution >= 4 is 16.8 Å². The minimum absolute atomic E-state index is 0.0212. The van der Waals surface area contributed by atoms with Crippen LogP contribution in [0.25, 0.3) is 10.9 Å². The Bertz CT molecular complexity index is 1070.